The van der Waals surface area contributed by atoms with Gasteiger partial charge in [0, 0.05) is 18.0 Å². The van der Waals surface area contributed by atoms with E-state index in [1.54, 1.807) is 12.1 Å². The van der Waals surface area contributed by atoms with E-state index >= 15 is 0 Å². The van der Waals surface area contributed by atoms with Gasteiger partial charge >= 0.3 is 5.69 Å². The molecule has 0 amide bonds. The first-order valence-corrected chi connectivity index (χ1v) is 3.90. The van der Waals surface area contributed by atoms with Crippen LogP contribution in [0.15, 0.2) is 24.3 Å². The van der Waals surface area contributed by atoms with Gasteiger partial charge in [-0.25, -0.2) is 0 Å². The van der Waals surface area contributed by atoms with Gasteiger partial charge in [-0.1, -0.05) is 12.1 Å². The molecule has 1 aromatic rings. The van der Waals surface area contributed by atoms with Crippen LogP contribution in [0.1, 0.15) is 5.56 Å². The maximum absolute atomic E-state index is 8.36. The lowest BCUT2D eigenvalue weighted by Gasteiger charge is -1.91. The van der Waals surface area contributed by atoms with E-state index in [0.29, 0.717) is 11.6 Å². The Morgan fingerprint density at radius 1 is 1.27 bits per heavy atom. The highest BCUT2D eigenvalue weighted by Crippen LogP contribution is 2.12. The van der Waals surface area contributed by atoms with E-state index in [1.165, 1.54) is 0 Å². The Bertz CT molecular complexity index is 260. The first kappa shape index (κ1) is 8.03. The van der Waals surface area contributed by atoms with Crippen LogP contribution in [-0.2, 0) is 6.42 Å². The summed E-state index contributed by atoms with van der Waals surface area (Å²) < 4.78 is 0. The average molecular weight is 168 g/mol. The monoisotopic (exact) mass is 167 g/mol. The Morgan fingerprint density at radius 2 is 1.91 bits per heavy atom. The second-order valence-electron chi connectivity index (χ2n) is 2.21. The van der Waals surface area contributed by atoms with Crippen molar-refractivity contribution >= 4 is 17.3 Å². The standard InChI is InChI=1S/C8H8ClN2/c9-6-5-7-1-3-8(11-10)4-2-7/h1-4H,5-6H2/q+1. The summed E-state index contributed by atoms with van der Waals surface area (Å²) >= 11 is 5.54. The third kappa shape index (κ3) is 2.21. The third-order valence-electron chi connectivity index (χ3n) is 1.43. The molecule has 0 unspecified atom stereocenters. The minimum atomic E-state index is 0.573. The molecule has 0 saturated carbocycles. The molecule has 0 aliphatic rings. The zero-order chi connectivity index (χ0) is 8.10. The molecular weight excluding hydrogens is 160 g/mol. The number of hydrogen-bond acceptors (Lipinski definition) is 1. The molecule has 0 aromatic heterocycles. The van der Waals surface area contributed by atoms with Crippen LogP contribution in [0.5, 0.6) is 0 Å². The fraction of sp³-hybridized carbons (Fsp3) is 0.250. The van der Waals surface area contributed by atoms with Crippen LogP contribution >= 0.6 is 11.6 Å². The van der Waals surface area contributed by atoms with Gasteiger partial charge in [-0.3, -0.25) is 0 Å². The van der Waals surface area contributed by atoms with Crippen LogP contribution in [0.3, 0.4) is 0 Å². The lowest BCUT2D eigenvalue weighted by Crippen LogP contribution is -1.83. The third-order valence-corrected chi connectivity index (χ3v) is 1.62. The van der Waals surface area contributed by atoms with E-state index < -0.39 is 0 Å². The van der Waals surface area contributed by atoms with Crippen molar-refractivity contribution in [3.05, 3.63) is 34.8 Å². The number of nitrogens with zero attached hydrogens (tertiary/aromatic N) is 2. The van der Waals surface area contributed by atoms with Crippen LogP contribution < -0.4 is 0 Å². The molecule has 0 atom stereocenters. The van der Waals surface area contributed by atoms with Gasteiger partial charge in [-0.15, -0.1) is 11.6 Å². The van der Waals surface area contributed by atoms with Gasteiger partial charge in [0.2, 0.25) is 5.39 Å². The molecule has 11 heavy (non-hydrogen) atoms. The lowest BCUT2D eigenvalue weighted by molar-refractivity contribution is 1.15. The summed E-state index contributed by atoms with van der Waals surface area (Å²) in [5.41, 5.74) is 1.73. The fourth-order valence-electron chi connectivity index (χ4n) is 0.838. The molecule has 1 rings (SSSR count). The Balaban J connectivity index is 2.76. The summed E-state index contributed by atoms with van der Waals surface area (Å²) in [5, 5.41) is 8.36. The first-order valence-electron chi connectivity index (χ1n) is 3.37. The van der Waals surface area contributed by atoms with Crippen molar-refractivity contribution in [3.63, 3.8) is 0 Å². The van der Waals surface area contributed by atoms with Crippen molar-refractivity contribution < 1.29 is 0 Å². The van der Waals surface area contributed by atoms with Gasteiger partial charge in [0.05, 0.1) is 0 Å². The highest BCUT2D eigenvalue weighted by molar-refractivity contribution is 6.17. The predicted octanol–water partition coefficient (Wildman–Crippen LogP) is 2.95. The van der Waals surface area contributed by atoms with Crippen molar-refractivity contribution in [2.24, 2.45) is 0 Å². The van der Waals surface area contributed by atoms with E-state index in [4.69, 9.17) is 17.0 Å². The number of rotatable bonds is 2. The van der Waals surface area contributed by atoms with Crippen LogP contribution in [0.4, 0.5) is 5.69 Å². The second-order valence-corrected chi connectivity index (χ2v) is 2.58. The number of alkyl halides is 1. The molecule has 0 aliphatic carbocycles. The summed E-state index contributed by atoms with van der Waals surface area (Å²) in [4.78, 5) is 3.04. The van der Waals surface area contributed by atoms with Crippen molar-refractivity contribution in [2.75, 3.05) is 5.88 Å². The van der Waals surface area contributed by atoms with Crippen LogP contribution in [0.2, 0.25) is 0 Å². The first-order chi connectivity index (χ1) is 5.36. The Hall–Kier alpha value is -1.07. The lowest BCUT2D eigenvalue weighted by atomic mass is 10.2. The molecule has 0 N–H and O–H groups in total. The number of halogens is 1. The average Bonchev–Trinajstić information content (AvgIpc) is 2.07. The number of hydrogen-bond donors (Lipinski definition) is 0. The Labute approximate surface area is 70.4 Å². The maximum atomic E-state index is 8.36. The molecule has 0 radical (unpaired) electrons. The number of aryl methyl sites for hydroxylation is 1. The maximum Gasteiger partial charge on any atom is 0.385 e. The largest absolute Gasteiger partial charge is 0.385 e. The molecule has 0 heterocycles. The SMILES string of the molecule is N#[N+]c1ccc(CCCl)cc1. The van der Waals surface area contributed by atoms with E-state index in [9.17, 15) is 0 Å². The molecule has 0 saturated heterocycles. The topological polar surface area (TPSA) is 28.1 Å². The highest BCUT2D eigenvalue weighted by atomic mass is 35.5. The molecule has 0 fully saturated rings. The zero-order valence-electron chi connectivity index (χ0n) is 6.00. The molecule has 3 heteroatoms. The molecule has 0 spiro atoms. The molecule has 1 aromatic carbocycles. The van der Waals surface area contributed by atoms with Gasteiger partial charge < -0.3 is 0 Å². The van der Waals surface area contributed by atoms with Gasteiger partial charge in [0.25, 0.3) is 0 Å². The summed E-state index contributed by atoms with van der Waals surface area (Å²) in [7, 11) is 0. The molecular formula is C8H8ClN2+. The molecule has 0 aliphatic heterocycles. The smallest absolute Gasteiger partial charge is 0.126 e. The van der Waals surface area contributed by atoms with Gasteiger partial charge in [0.1, 0.15) is 0 Å². The molecule has 56 valence electrons. The Morgan fingerprint density at radius 3 is 2.36 bits per heavy atom. The van der Waals surface area contributed by atoms with Crippen molar-refractivity contribution in [1.82, 2.24) is 0 Å². The summed E-state index contributed by atoms with van der Waals surface area (Å²) in [6, 6.07) is 7.30. The van der Waals surface area contributed by atoms with E-state index in [-0.39, 0.29) is 0 Å². The van der Waals surface area contributed by atoms with Crippen LogP contribution in [0.25, 0.3) is 4.98 Å². The van der Waals surface area contributed by atoms with Crippen molar-refractivity contribution in [1.29, 1.82) is 5.39 Å². The summed E-state index contributed by atoms with van der Waals surface area (Å²) in [6.45, 7) is 0. The Kier molecular flexibility index (Phi) is 2.88. The van der Waals surface area contributed by atoms with Crippen LogP contribution in [0, 0.1) is 5.39 Å². The quantitative estimate of drug-likeness (QED) is 0.492. The molecule has 2 nitrogen and oxygen atoms in total. The molecule has 0 bridgehead atoms. The van der Waals surface area contributed by atoms with Gasteiger partial charge in [0.15, 0.2) is 4.98 Å². The summed E-state index contributed by atoms with van der Waals surface area (Å²) in [5.74, 6) is 0.621. The van der Waals surface area contributed by atoms with E-state index in [2.05, 4.69) is 4.98 Å². The van der Waals surface area contributed by atoms with E-state index in [1.807, 2.05) is 12.1 Å². The van der Waals surface area contributed by atoms with Crippen LogP contribution in [-0.4, -0.2) is 5.88 Å². The van der Waals surface area contributed by atoms with Crippen molar-refractivity contribution in [3.8, 4) is 0 Å². The van der Waals surface area contributed by atoms with Crippen molar-refractivity contribution in [2.45, 2.75) is 6.42 Å². The zero-order valence-corrected chi connectivity index (χ0v) is 6.75. The summed E-state index contributed by atoms with van der Waals surface area (Å²) in [6.07, 6.45) is 0.854. The van der Waals surface area contributed by atoms with Gasteiger partial charge in [-0.2, -0.15) is 0 Å². The number of benzene rings is 1. The normalized spacial score (nSPS) is 9.09. The fourth-order valence-corrected chi connectivity index (χ4v) is 1.06. The minimum absolute atomic E-state index is 0.573. The van der Waals surface area contributed by atoms with Gasteiger partial charge in [-0.05, 0) is 12.0 Å². The highest BCUT2D eigenvalue weighted by Gasteiger charge is 2.01. The predicted molar refractivity (Wildman–Crippen MR) is 45.6 cm³/mol. The second kappa shape index (κ2) is 3.95. The minimum Gasteiger partial charge on any atom is -0.126 e. The number of diazo groups is 1. The van der Waals surface area contributed by atoms with E-state index in [0.717, 1.165) is 12.0 Å².